The van der Waals surface area contributed by atoms with Crippen LogP contribution in [0, 0.1) is 52.3 Å². The molecule has 2 N–H and O–H groups in total. The van der Waals surface area contributed by atoms with E-state index in [2.05, 4.69) is 33.0 Å². The smallest absolute Gasteiger partial charge is 0.407 e. The van der Waals surface area contributed by atoms with Crippen molar-refractivity contribution in [2.45, 2.75) is 118 Å². The van der Waals surface area contributed by atoms with Gasteiger partial charge in [-0.2, -0.15) is 0 Å². The van der Waals surface area contributed by atoms with Crippen LogP contribution >= 0.6 is 0 Å². The molecule has 210 valence electrons. The maximum absolute atomic E-state index is 11.9. The van der Waals surface area contributed by atoms with E-state index in [9.17, 15) is 9.90 Å². The average Bonchev–Trinajstić information content (AvgIpc) is 3.33. The summed E-state index contributed by atoms with van der Waals surface area (Å²) < 4.78 is 12.0. The number of carbonyl (C=O) groups excluding carboxylic acids is 1. The Kier molecular flexibility index (Phi) is 7.68. The van der Waals surface area contributed by atoms with Crippen LogP contribution in [-0.2, 0) is 9.47 Å². The van der Waals surface area contributed by atoms with Crippen LogP contribution in [0.15, 0.2) is 11.3 Å². The van der Waals surface area contributed by atoms with E-state index in [-0.39, 0.29) is 12.2 Å². The molecule has 0 aromatic heterocycles. The minimum absolute atomic E-state index is 0.0638. The lowest BCUT2D eigenvalue weighted by Crippen LogP contribution is -2.54. The zero-order valence-electron chi connectivity index (χ0n) is 24.4. The Morgan fingerprint density at radius 2 is 1.84 bits per heavy atom. The Balaban J connectivity index is 1.19. The van der Waals surface area contributed by atoms with E-state index in [1.807, 2.05) is 13.8 Å². The Morgan fingerprint density at radius 1 is 1.08 bits per heavy atom. The number of carbonyl (C=O) groups is 1. The molecule has 0 radical (unpaired) electrons. The molecule has 4 saturated carbocycles. The third-order valence-corrected chi connectivity index (χ3v) is 11.9. The molecule has 5 rings (SSSR count). The van der Waals surface area contributed by atoms with Gasteiger partial charge in [0.1, 0.15) is 6.10 Å². The first kappa shape index (κ1) is 27.3. The Bertz CT molecular complexity index is 884. The number of fused-ring (bicyclic) bond motifs is 7. The van der Waals surface area contributed by atoms with Crippen molar-refractivity contribution >= 4 is 6.09 Å². The fourth-order valence-corrected chi connectivity index (χ4v) is 9.85. The summed E-state index contributed by atoms with van der Waals surface area (Å²) >= 11 is 0. The molecule has 1 amide bonds. The van der Waals surface area contributed by atoms with Gasteiger partial charge in [-0.3, -0.25) is 0 Å². The fraction of sp³-hybridized carbons (Fsp3) is 0.906. The van der Waals surface area contributed by atoms with Gasteiger partial charge in [0, 0.05) is 18.9 Å². The van der Waals surface area contributed by atoms with Gasteiger partial charge in [-0.05, 0) is 117 Å². The second kappa shape index (κ2) is 10.4. The average molecular weight is 516 g/mol. The molecular weight excluding hydrogens is 462 g/mol. The van der Waals surface area contributed by atoms with Crippen molar-refractivity contribution in [2.75, 3.05) is 13.2 Å². The Labute approximate surface area is 225 Å². The van der Waals surface area contributed by atoms with Crippen LogP contribution < -0.4 is 5.32 Å². The number of nitrogens with one attached hydrogen (secondary N) is 1. The number of hydrogen-bond acceptors (Lipinski definition) is 4. The summed E-state index contributed by atoms with van der Waals surface area (Å²) in [6.45, 7) is 14.9. The molecule has 1 aliphatic heterocycles. The topological polar surface area (TPSA) is 67.8 Å². The van der Waals surface area contributed by atoms with Gasteiger partial charge in [0.15, 0.2) is 0 Å². The van der Waals surface area contributed by atoms with Crippen molar-refractivity contribution in [1.82, 2.24) is 5.32 Å². The summed E-state index contributed by atoms with van der Waals surface area (Å²) in [5.74, 6) is 5.73. The van der Waals surface area contributed by atoms with E-state index >= 15 is 0 Å². The van der Waals surface area contributed by atoms with Crippen LogP contribution in [0.3, 0.4) is 0 Å². The van der Waals surface area contributed by atoms with Crippen molar-refractivity contribution in [1.29, 1.82) is 0 Å². The number of ether oxygens (including phenoxy) is 2. The van der Waals surface area contributed by atoms with Crippen LogP contribution in [0.4, 0.5) is 4.79 Å². The van der Waals surface area contributed by atoms with Gasteiger partial charge in [-0.1, -0.05) is 34.6 Å². The van der Waals surface area contributed by atoms with Crippen molar-refractivity contribution in [3.63, 3.8) is 0 Å². The van der Waals surface area contributed by atoms with E-state index < -0.39 is 0 Å². The molecule has 1 heterocycles. The van der Waals surface area contributed by atoms with E-state index in [4.69, 9.17) is 9.47 Å². The molecule has 4 fully saturated rings. The maximum Gasteiger partial charge on any atom is 0.407 e. The number of aliphatic hydroxyl groups excluding tert-OH is 1. The van der Waals surface area contributed by atoms with Crippen molar-refractivity contribution in [3.05, 3.63) is 11.3 Å². The van der Waals surface area contributed by atoms with E-state index in [0.29, 0.717) is 47.8 Å². The van der Waals surface area contributed by atoms with Gasteiger partial charge in [0.2, 0.25) is 0 Å². The highest BCUT2D eigenvalue weighted by molar-refractivity contribution is 5.67. The van der Waals surface area contributed by atoms with Crippen LogP contribution in [0.2, 0.25) is 0 Å². The van der Waals surface area contributed by atoms with Gasteiger partial charge in [0.25, 0.3) is 0 Å². The summed E-state index contributed by atoms with van der Waals surface area (Å²) in [6.07, 6.45) is 11.8. The molecule has 37 heavy (non-hydrogen) atoms. The molecule has 5 heteroatoms. The van der Waals surface area contributed by atoms with Gasteiger partial charge >= 0.3 is 6.09 Å². The molecular formula is C32H53NO4. The van der Waals surface area contributed by atoms with Gasteiger partial charge < -0.3 is 19.9 Å². The highest BCUT2D eigenvalue weighted by atomic mass is 16.5. The second-order valence-electron chi connectivity index (χ2n) is 14.6. The lowest BCUT2D eigenvalue weighted by Gasteiger charge is -2.60. The maximum atomic E-state index is 11.9. The predicted octanol–water partition coefficient (Wildman–Crippen LogP) is 7.09. The van der Waals surface area contributed by atoms with Crippen molar-refractivity contribution in [2.24, 2.45) is 52.3 Å². The molecule has 0 saturated heterocycles. The first-order valence-electron chi connectivity index (χ1n) is 15.5. The van der Waals surface area contributed by atoms with E-state index in [1.54, 1.807) is 0 Å². The SMILES string of the molecule is CC1=C(CC[C@H](C)CNC(=O)OCC(C)C)O[C@H]2C[C@H]3[C@@H]4CC[C@H]5C[C@@H](O)CC[C@]5(C)[C@H]4CC[C@]3(C)C12. The molecule has 5 nitrogen and oxygen atoms in total. The molecule has 0 bridgehead atoms. The Morgan fingerprint density at radius 3 is 2.59 bits per heavy atom. The monoisotopic (exact) mass is 515 g/mol. The standard InChI is InChI=1S/C32H53NO4/c1-19(2)18-36-30(35)33-17-20(3)7-10-27-21(4)29-28(37-27)16-26-24-9-8-22-15-23(34)11-13-31(22,5)25(24)12-14-32(26,29)6/h19-20,22-26,28-29,34H,7-18H2,1-6H3,(H,33,35)/t20-,22-,23-,24+,25-,26-,28-,29?,31-,32-/m0/s1. The number of allylic oxidation sites excluding steroid dienone is 1. The normalized spacial score (nSPS) is 43.4. The number of aliphatic hydroxyl groups is 1. The van der Waals surface area contributed by atoms with Crippen molar-refractivity contribution in [3.8, 4) is 0 Å². The lowest BCUT2D eigenvalue weighted by atomic mass is 9.44. The second-order valence-corrected chi connectivity index (χ2v) is 14.6. The Hall–Kier alpha value is -1.23. The van der Waals surface area contributed by atoms with E-state index in [1.165, 1.54) is 49.9 Å². The zero-order valence-corrected chi connectivity index (χ0v) is 24.4. The predicted molar refractivity (Wildman–Crippen MR) is 147 cm³/mol. The van der Waals surface area contributed by atoms with Crippen molar-refractivity contribution < 1.29 is 19.4 Å². The minimum atomic E-state index is -0.301. The summed E-state index contributed by atoms with van der Waals surface area (Å²) in [4.78, 5) is 11.9. The minimum Gasteiger partial charge on any atom is -0.494 e. The number of amides is 1. The highest BCUT2D eigenvalue weighted by Gasteiger charge is 2.64. The summed E-state index contributed by atoms with van der Waals surface area (Å²) in [5, 5.41) is 13.3. The zero-order chi connectivity index (χ0) is 26.5. The lowest BCUT2D eigenvalue weighted by molar-refractivity contribution is -0.124. The summed E-state index contributed by atoms with van der Waals surface area (Å²) in [7, 11) is 0. The third kappa shape index (κ3) is 4.96. The summed E-state index contributed by atoms with van der Waals surface area (Å²) in [5.41, 5.74) is 2.32. The van der Waals surface area contributed by atoms with Gasteiger partial charge in [0.05, 0.1) is 18.5 Å². The quantitative estimate of drug-likeness (QED) is 0.380. The van der Waals surface area contributed by atoms with Gasteiger partial charge in [-0.15, -0.1) is 0 Å². The van der Waals surface area contributed by atoms with E-state index in [0.717, 1.165) is 49.4 Å². The molecule has 10 atom stereocenters. The highest BCUT2D eigenvalue weighted by Crippen LogP contribution is 2.69. The van der Waals surface area contributed by atoms with Crippen LogP contribution in [-0.4, -0.2) is 36.6 Å². The van der Waals surface area contributed by atoms with Crippen LogP contribution in [0.1, 0.15) is 106 Å². The summed E-state index contributed by atoms with van der Waals surface area (Å²) in [6, 6.07) is 0. The molecule has 0 aromatic rings. The van der Waals surface area contributed by atoms with Crippen LogP contribution in [0.5, 0.6) is 0 Å². The molecule has 1 unspecified atom stereocenters. The molecule has 0 aromatic carbocycles. The molecule has 5 aliphatic rings. The number of rotatable bonds is 7. The van der Waals surface area contributed by atoms with Crippen LogP contribution in [0.25, 0.3) is 0 Å². The third-order valence-electron chi connectivity index (χ3n) is 11.9. The molecule has 0 spiro atoms. The largest absolute Gasteiger partial charge is 0.494 e. The number of alkyl carbamates (subject to hydrolysis) is 1. The fourth-order valence-electron chi connectivity index (χ4n) is 9.85. The molecule has 4 aliphatic carbocycles. The first-order valence-corrected chi connectivity index (χ1v) is 15.5. The first-order chi connectivity index (χ1) is 17.5. The number of hydrogen-bond donors (Lipinski definition) is 2. The van der Waals surface area contributed by atoms with Gasteiger partial charge in [-0.25, -0.2) is 4.79 Å².